The van der Waals surface area contributed by atoms with Gasteiger partial charge in [0.25, 0.3) is 0 Å². The zero-order valence-electron chi connectivity index (χ0n) is 10.8. The largest absolute Gasteiger partial charge is 0.480 e. The summed E-state index contributed by atoms with van der Waals surface area (Å²) >= 11 is 0. The fourth-order valence-electron chi connectivity index (χ4n) is 1.85. The Morgan fingerprint density at radius 1 is 1.41 bits per heavy atom. The number of carbonyl (C=O) groups is 2. The first-order valence-electron chi connectivity index (χ1n) is 6.20. The number of likely N-dealkylation sites (tertiary alicyclic amines) is 1. The Kier molecular flexibility index (Phi) is 4.78. The van der Waals surface area contributed by atoms with E-state index in [0.29, 0.717) is 31.3 Å². The topological polar surface area (TPSA) is 69.6 Å². The van der Waals surface area contributed by atoms with Crippen LogP contribution in [0.5, 0.6) is 0 Å². The summed E-state index contributed by atoms with van der Waals surface area (Å²) in [7, 11) is 0. The molecule has 17 heavy (non-hydrogen) atoms. The van der Waals surface area contributed by atoms with Crippen molar-refractivity contribution in [3.05, 3.63) is 0 Å². The number of hydrogen-bond acceptors (Lipinski definition) is 2. The van der Waals surface area contributed by atoms with Crippen LogP contribution in [0.1, 0.15) is 33.6 Å². The number of carboxylic acids is 1. The molecule has 0 saturated carbocycles. The van der Waals surface area contributed by atoms with Crippen molar-refractivity contribution in [2.24, 2.45) is 11.8 Å². The first-order chi connectivity index (χ1) is 7.93. The van der Waals surface area contributed by atoms with E-state index in [-0.39, 0.29) is 6.03 Å². The van der Waals surface area contributed by atoms with Gasteiger partial charge >= 0.3 is 12.0 Å². The van der Waals surface area contributed by atoms with Crippen molar-refractivity contribution >= 4 is 12.0 Å². The molecule has 0 spiro atoms. The Labute approximate surface area is 102 Å². The van der Waals surface area contributed by atoms with Gasteiger partial charge in [0.2, 0.25) is 0 Å². The maximum atomic E-state index is 11.8. The highest BCUT2D eigenvalue weighted by atomic mass is 16.4. The van der Waals surface area contributed by atoms with Crippen molar-refractivity contribution in [2.45, 2.75) is 39.7 Å². The van der Waals surface area contributed by atoms with Crippen LogP contribution in [-0.4, -0.2) is 41.1 Å². The standard InChI is InChI=1S/C12H22N2O3/c1-8(2)9(3)7-13-12(17)14-6-4-5-10(14)11(15)16/h8-10H,4-7H2,1-3H3,(H,13,17)(H,15,16)/t9?,10-/m1/s1. The van der Waals surface area contributed by atoms with Crippen molar-refractivity contribution in [2.75, 3.05) is 13.1 Å². The summed E-state index contributed by atoms with van der Waals surface area (Å²) in [4.78, 5) is 24.2. The number of hydrogen-bond donors (Lipinski definition) is 2. The van der Waals surface area contributed by atoms with Gasteiger partial charge < -0.3 is 15.3 Å². The summed E-state index contributed by atoms with van der Waals surface area (Å²) in [5.41, 5.74) is 0. The third-order valence-corrected chi connectivity index (χ3v) is 3.51. The second-order valence-corrected chi connectivity index (χ2v) is 5.10. The average Bonchev–Trinajstić information content (AvgIpc) is 2.73. The summed E-state index contributed by atoms with van der Waals surface area (Å²) in [5.74, 6) is -0.0106. The third kappa shape index (κ3) is 3.61. The predicted octanol–water partition coefficient (Wildman–Crippen LogP) is 1.54. The lowest BCUT2D eigenvalue weighted by Gasteiger charge is -2.23. The van der Waals surface area contributed by atoms with E-state index in [2.05, 4.69) is 26.1 Å². The minimum absolute atomic E-state index is 0.248. The molecule has 2 amide bonds. The number of nitrogens with one attached hydrogen (secondary N) is 1. The second-order valence-electron chi connectivity index (χ2n) is 5.10. The molecule has 5 nitrogen and oxygen atoms in total. The van der Waals surface area contributed by atoms with Crippen LogP contribution >= 0.6 is 0 Å². The van der Waals surface area contributed by atoms with Gasteiger partial charge in [-0.3, -0.25) is 0 Å². The van der Waals surface area contributed by atoms with Crippen LogP contribution in [0.4, 0.5) is 4.79 Å². The molecule has 0 aromatic rings. The lowest BCUT2D eigenvalue weighted by Crippen LogP contribution is -2.47. The van der Waals surface area contributed by atoms with Crippen LogP contribution in [0.15, 0.2) is 0 Å². The van der Waals surface area contributed by atoms with Crippen LogP contribution in [0.3, 0.4) is 0 Å². The van der Waals surface area contributed by atoms with Crippen molar-refractivity contribution in [1.82, 2.24) is 10.2 Å². The van der Waals surface area contributed by atoms with Crippen molar-refractivity contribution < 1.29 is 14.7 Å². The van der Waals surface area contributed by atoms with Gasteiger partial charge in [-0.25, -0.2) is 9.59 Å². The number of urea groups is 1. The second kappa shape index (κ2) is 5.89. The molecule has 0 aromatic carbocycles. The molecule has 1 fully saturated rings. The molecule has 1 unspecified atom stereocenters. The SMILES string of the molecule is CC(C)C(C)CNC(=O)N1CCC[C@@H]1C(=O)O. The average molecular weight is 242 g/mol. The molecule has 2 atom stereocenters. The van der Waals surface area contributed by atoms with E-state index in [4.69, 9.17) is 5.11 Å². The molecule has 0 bridgehead atoms. The number of carboxylic acid groups (broad SMARTS) is 1. The molecule has 1 aliphatic rings. The van der Waals surface area contributed by atoms with Crippen molar-refractivity contribution in [3.63, 3.8) is 0 Å². The van der Waals surface area contributed by atoms with Gasteiger partial charge in [-0.2, -0.15) is 0 Å². The minimum atomic E-state index is -0.908. The molecule has 98 valence electrons. The van der Waals surface area contributed by atoms with E-state index in [1.165, 1.54) is 4.90 Å². The molecule has 1 rings (SSSR count). The fraction of sp³-hybridized carbons (Fsp3) is 0.833. The molecule has 0 radical (unpaired) electrons. The van der Waals surface area contributed by atoms with Gasteiger partial charge in [-0.05, 0) is 24.7 Å². The van der Waals surface area contributed by atoms with Gasteiger partial charge in [-0.15, -0.1) is 0 Å². The van der Waals surface area contributed by atoms with E-state index >= 15 is 0 Å². The maximum absolute atomic E-state index is 11.8. The lowest BCUT2D eigenvalue weighted by atomic mass is 9.98. The van der Waals surface area contributed by atoms with Crippen LogP contribution in [0.25, 0.3) is 0 Å². The normalized spacial score (nSPS) is 21.6. The summed E-state index contributed by atoms with van der Waals surface area (Å²) in [5, 5.41) is 11.8. The van der Waals surface area contributed by atoms with Gasteiger partial charge in [0.05, 0.1) is 0 Å². The minimum Gasteiger partial charge on any atom is -0.480 e. The smallest absolute Gasteiger partial charge is 0.326 e. The Morgan fingerprint density at radius 2 is 2.06 bits per heavy atom. The first-order valence-corrected chi connectivity index (χ1v) is 6.20. The molecule has 2 N–H and O–H groups in total. The van der Waals surface area contributed by atoms with Crippen LogP contribution in [-0.2, 0) is 4.79 Å². The Bertz CT molecular complexity index is 291. The van der Waals surface area contributed by atoms with E-state index in [1.54, 1.807) is 0 Å². The quantitative estimate of drug-likeness (QED) is 0.785. The van der Waals surface area contributed by atoms with E-state index in [9.17, 15) is 9.59 Å². The zero-order chi connectivity index (χ0) is 13.0. The molecular weight excluding hydrogens is 220 g/mol. The van der Waals surface area contributed by atoms with Gasteiger partial charge in [0, 0.05) is 13.1 Å². The van der Waals surface area contributed by atoms with E-state index < -0.39 is 12.0 Å². The summed E-state index contributed by atoms with van der Waals surface area (Å²) in [6.07, 6.45) is 1.33. The fourth-order valence-corrected chi connectivity index (χ4v) is 1.85. The monoisotopic (exact) mass is 242 g/mol. The number of aliphatic carboxylic acids is 1. The number of amides is 2. The number of rotatable bonds is 4. The van der Waals surface area contributed by atoms with Crippen molar-refractivity contribution in [1.29, 1.82) is 0 Å². The summed E-state index contributed by atoms with van der Waals surface area (Å²) < 4.78 is 0. The molecule has 0 aromatic heterocycles. The van der Waals surface area contributed by atoms with Crippen molar-refractivity contribution in [3.8, 4) is 0 Å². The van der Waals surface area contributed by atoms with Gasteiger partial charge in [-0.1, -0.05) is 20.8 Å². The molecule has 1 heterocycles. The molecule has 1 aliphatic heterocycles. The first kappa shape index (κ1) is 13.8. The predicted molar refractivity (Wildman–Crippen MR) is 64.8 cm³/mol. The highest BCUT2D eigenvalue weighted by molar-refractivity contribution is 5.83. The van der Waals surface area contributed by atoms with E-state index in [0.717, 1.165) is 6.42 Å². The third-order valence-electron chi connectivity index (χ3n) is 3.51. The summed E-state index contributed by atoms with van der Waals surface area (Å²) in [6, 6.07) is -0.897. The Morgan fingerprint density at radius 3 is 2.59 bits per heavy atom. The summed E-state index contributed by atoms with van der Waals surface area (Å²) in [6.45, 7) is 7.42. The maximum Gasteiger partial charge on any atom is 0.326 e. The number of nitrogens with zero attached hydrogens (tertiary/aromatic N) is 1. The lowest BCUT2D eigenvalue weighted by molar-refractivity contribution is -0.141. The molecular formula is C12H22N2O3. The zero-order valence-corrected chi connectivity index (χ0v) is 10.8. The molecule has 5 heteroatoms. The van der Waals surface area contributed by atoms with Crippen LogP contribution in [0.2, 0.25) is 0 Å². The van der Waals surface area contributed by atoms with Crippen LogP contribution < -0.4 is 5.32 Å². The van der Waals surface area contributed by atoms with Gasteiger partial charge in [0.15, 0.2) is 0 Å². The van der Waals surface area contributed by atoms with Crippen LogP contribution in [0, 0.1) is 11.8 Å². The highest BCUT2D eigenvalue weighted by Gasteiger charge is 2.33. The Hall–Kier alpha value is -1.26. The number of carbonyl (C=O) groups excluding carboxylic acids is 1. The highest BCUT2D eigenvalue weighted by Crippen LogP contribution is 2.17. The Balaban J connectivity index is 2.44. The molecule has 1 saturated heterocycles. The molecule has 0 aliphatic carbocycles. The van der Waals surface area contributed by atoms with E-state index in [1.807, 2.05) is 0 Å². The van der Waals surface area contributed by atoms with Gasteiger partial charge in [0.1, 0.15) is 6.04 Å².